The molecule has 0 N–H and O–H groups in total. The molecule has 4 rings (SSSR count). The van der Waals surface area contributed by atoms with Gasteiger partial charge >= 0.3 is 0 Å². The lowest BCUT2D eigenvalue weighted by Crippen LogP contribution is -2.33. The van der Waals surface area contributed by atoms with Gasteiger partial charge in [-0.3, -0.25) is 9.69 Å². The molecule has 142 valence electrons. The van der Waals surface area contributed by atoms with Crippen LogP contribution in [0.5, 0.6) is 5.75 Å². The van der Waals surface area contributed by atoms with Gasteiger partial charge in [-0.1, -0.05) is 12.1 Å². The van der Waals surface area contributed by atoms with Crippen molar-refractivity contribution in [1.29, 1.82) is 0 Å². The monoisotopic (exact) mass is 368 g/mol. The van der Waals surface area contributed by atoms with E-state index in [0.717, 1.165) is 30.0 Å². The van der Waals surface area contributed by atoms with Crippen molar-refractivity contribution >= 4 is 5.91 Å². The van der Waals surface area contributed by atoms with Gasteiger partial charge in [-0.25, -0.2) is 4.39 Å². The van der Waals surface area contributed by atoms with E-state index in [1.54, 1.807) is 19.2 Å². The summed E-state index contributed by atoms with van der Waals surface area (Å²) in [7, 11) is 3.72. The fourth-order valence-corrected chi connectivity index (χ4v) is 4.81. The molecule has 2 aromatic rings. The molecule has 0 radical (unpaired) electrons. The first-order valence-electron chi connectivity index (χ1n) is 9.37. The maximum Gasteiger partial charge on any atom is 0.253 e. The second-order valence-electron chi connectivity index (χ2n) is 7.76. The number of hydrogen-bond acceptors (Lipinski definition) is 3. The van der Waals surface area contributed by atoms with Crippen molar-refractivity contribution in [3.63, 3.8) is 0 Å². The van der Waals surface area contributed by atoms with Crippen molar-refractivity contribution in [3.05, 3.63) is 65.0 Å². The Labute approximate surface area is 159 Å². The van der Waals surface area contributed by atoms with Gasteiger partial charge in [0.05, 0.1) is 7.11 Å². The van der Waals surface area contributed by atoms with E-state index in [4.69, 9.17) is 4.74 Å². The molecule has 2 aromatic carbocycles. The molecular formula is C22H25FN2O2. The third-order valence-electron chi connectivity index (χ3n) is 6.01. The fraction of sp³-hybridized carbons (Fsp3) is 0.409. The van der Waals surface area contributed by atoms with Crippen molar-refractivity contribution in [3.8, 4) is 5.75 Å². The standard InChI is InChI=1S/C22H25FN2O2/c1-14-9-16(7-8-20(14)27-3)22(26)25-12-17-11-24(2)21(19(17)13-25)15-5-4-6-18(23)10-15/h4-10,17,19,21H,11-13H2,1-3H3/t17-,19+,21-/m0/s1. The second-order valence-corrected chi connectivity index (χ2v) is 7.76. The quantitative estimate of drug-likeness (QED) is 0.831. The van der Waals surface area contributed by atoms with Crippen LogP contribution in [0.25, 0.3) is 0 Å². The Morgan fingerprint density at radius 2 is 1.96 bits per heavy atom. The number of benzene rings is 2. The molecule has 0 aromatic heterocycles. The van der Waals surface area contributed by atoms with Crippen LogP contribution in [0.15, 0.2) is 42.5 Å². The zero-order valence-electron chi connectivity index (χ0n) is 16.0. The summed E-state index contributed by atoms with van der Waals surface area (Å²) in [4.78, 5) is 17.3. The first-order chi connectivity index (χ1) is 13.0. The van der Waals surface area contributed by atoms with Crippen LogP contribution in [0.2, 0.25) is 0 Å². The summed E-state index contributed by atoms with van der Waals surface area (Å²) in [6.07, 6.45) is 0. The number of ether oxygens (including phenoxy) is 1. The summed E-state index contributed by atoms with van der Waals surface area (Å²) in [6.45, 7) is 4.34. The molecule has 1 amide bonds. The molecule has 2 saturated heterocycles. The highest BCUT2D eigenvalue weighted by atomic mass is 19.1. The average molecular weight is 368 g/mol. The summed E-state index contributed by atoms with van der Waals surface area (Å²) in [5.41, 5.74) is 2.66. The molecule has 27 heavy (non-hydrogen) atoms. The predicted molar refractivity (Wildman–Crippen MR) is 102 cm³/mol. The van der Waals surface area contributed by atoms with Gasteiger partial charge in [-0.05, 0) is 61.3 Å². The highest BCUT2D eigenvalue weighted by Crippen LogP contribution is 2.44. The summed E-state index contributed by atoms with van der Waals surface area (Å²) < 4.78 is 19.0. The Kier molecular flexibility index (Phi) is 4.64. The highest BCUT2D eigenvalue weighted by molar-refractivity contribution is 5.94. The first-order valence-corrected chi connectivity index (χ1v) is 9.37. The number of carbonyl (C=O) groups excluding carboxylic acids is 1. The van der Waals surface area contributed by atoms with Crippen molar-refractivity contribution in [2.24, 2.45) is 11.8 Å². The van der Waals surface area contributed by atoms with Crippen LogP contribution >= 0.6 is 0 Å². The molecule has 3 atom stereocenters. The van der Waals surface area contributed by atoms with E-state index in [2.05, 4.69) is 11.9 Å². The van der Waals surface area contributed by atoms with Crippen molar-refractivity contribution in [2.45, 2.75) is 13.0 Å². The SMILES string of the molecule is COc1ccc(C(=O)N2C[C@@H]3CN(C)[C@@H](c4cccc(F)c4)[C@@H]3C2)cc1C. The van der Waals surface area contributed by atoms with Gasteiger partial charge < -0.3 is 9.64 Å². The van der Waals surface area contributed by atoms with E-state index in [9.17, 15) is 9.18 Å². The Bertz CT molecular complexity index is 869. The number of fused-ring (bicyclic) bond motifs is 1. The van der Waals surface area contributed by atoms with E-state index >= 15 is 0 Å². The van der Waals surface area contributed by atoms with Gasteiger partial charge in [0.15, 0.2) is 0 Å². The molecular weight excluding hydrogens is 343 g/mol. The number of amides is 1. The van der Waals surface area contributed by atoms with Gasteiger partial charge in [0.2, 0.25) is 0 Å². The zero-order chi connectivity index (χ0) is 19.1. The van der Waals surface area contributed by atoms with Gasteiger partial charge in [-0.2, -0.15) is 0 Å². The van der Waals surface area contributed by atoms with Gasteiger partial charge in [0.25, 0.3) is 5.91 Å². The molecule has 0 aliphatic carbocycles. The van der Waals surface area contributed by atoms with Crippen LogP contribution < -0.4 is 4.74 Å². The summed E-state index contributed by atoms with van der Waals surface area (Å²) >= 11 is 0. The number of likely N-dealkylation sites (tertiary alicyclic amines) is 2. The third-order valence-corrected chi connectivity index (χ3v) is 6.01. The molecule has 0 saturated carbocycles. The van der Waals surface area contributed by atoms with E-state index in [0.29, 0.717) is 23.9 Å². The molecule has 2 aliphatic rings. The molecule has 5 heteroatoms. The number of hydrogen-bond donors (Lipinski definition) is 0. The number of nitrogens with zero attached hydrogens (tertiary/aromatic N) is 2. The normalized spacial score (nSPS) is 24.9. The van der Waals surface area contributed by atoms with Crippen molar-refractivity contribution in [1.82, 2.24) is 9.80 Å². The third kappa shape index (κ3) is 3.21. The van der Waals surface area contributed by atoms with E-state index in [-0.39, 0.29) is 17.8 Å². The Hall–Kier alpha value is -2.40. The van der Waals surface area contributed by atoms with Crippen LogP contribution in [0.4, 0.5) is 4.39 Å². The average Bonchev–Trinajstić information content (AvgIpc) is 3.17. The Balaban J connectivity index is 1.54. The fourth-order valence-electron chi connectivity index (χ4n) is 4.81. The topological polar surface area (TPSA) is 32.8 Å². The Morgan fingerprint density at radius 3 is 2.67 bits per heavy atom. The highest BCUT2D eigenvalue weighted by Gasteiger charge is 2.47. The lowest BCUT2D eigenvalue weighted by atomic mass is 9.89. The summed E-state index contributed by atoms with van der Waals surface area (Å²) in [5.74, 6) is 1.41. The molecule has 4 nitrogen and oxygen atoms in total. The molecule has 2 heterocycles. The number of aryl methyl sites for hydroxylation is 1. The molecule has 0 spiro atoms. The zero-order valence-corrected chi connectivity index (χ0v) is 16.0. The second kappa shape index (κ2) is 6.97. The van der Waals surface area contributed by atoms with Crippen LogP contribution in [0.1, 0.15) is 27.5 Å². The molecule has 2 aliphatic heterocycles. The van der Waals surface area contributed by atoms with E-state index in [1.165, 1.54) is 6.07 Å². The molecule has 0 bridgehead atoms. The summed E-state index contributed by atoms with van der Waals surface area (Å²) in [5, 5.41) is 0. The van der Waals surface area contributed by atoms with Gasteiger partial charge in [-0.15, -0.1) is 0 Å². The number of halogens is 1. The number of rotatable bonds is 3. The molecule has 2 fully saturated rings. The summed E-state index contributed by atoms with van der Waals surface area (Å²) in [6, 6.07) is 12.6. The minimum absolute atomic E-state index is 0.0656. The van der Waals surface area contributed by atoms with Crippen LogP contribution in [0.3, 0.4) is 0 Å². The first kappa shape index (κ1) is 18.0. The van der Waals surface area contributed by atoms with Crippen LogP contribution in [-0.2, 0) is 0 Å². The maximum atomic E-state index is 13.7. The van der Waals surface area contributed by atoms with Crippen LogP contribution in [-0.4, -0.2) is 49.5 Å². The van der Waals surface area contributed by atoms with Crippen LogP contribution in [0, 0.1) is 24.6 Å². The largest absolute Gasteiger partial charge is 0.496 e. The lowest BCUT2D eigenvalue weighted by Gasteiger charge is -2.27. The predicted octanol–water partition coefficient (Wildman–Crippen LogP) is 3.52. The smallest absolute Gasteiger partial charge is 0.253 e. The molecule has 0 unspecified atom stereocenters. The van der Waals surface area contributed by atoms with E-state index in [1.807, 2.05) is 36.1 Å². The van der Waals surface area contributed by atoms with Gasteiger partial charge in [0, 0.05) is 37.2 Å². The Morgan fingerprint density at radius 1 is 1.15 bits per heavy atom. The van der Waals surface area contributed by atoms with E-state index < -0.39 is 0 Å². The van der Waals surface area contributed by atoms with Crippen molar-refractivity contribution in [2.75, 3.05) is 33.8 Å². The lowest BCUT2D eigenvalue weighted by molar-refractivity contribution is 0.0767. The number of carbonyl (C=O) groups is 1. The minimum Gasteiger partial charge on any atom is -0.496 e. The van der Waals surface area contributed by atoms with Crippen molar-refractivity contribution < 1.29 is 13.9 Å². The maximum absolute atomic E-state index is 13.7. The minimum atomic E-state index is -0.205. The van der Waals surface area contributed by atoms with Gasteiger partial charge in [0.1, 0.15) is 11.6 Å². The number of methoxy groups -OCH3 is 1.